The van der Waals surface area contributed by atoms with Gasteiger partial charge in [0, 0.05) is 6.04 Å². The summed E-state index contributed by atoms with van der Waals surface area (Å²) < 4.78 is 39.6. The van der Waals surface area contributed by atoms with E-state index in [-0.39, 0.29) is 11.9 Å². The van der Waals surface area contributed by atoms with Crippen molar-refractivity contribution < 1.29 is 17.9 Å². The summed E-state index contributed by atoms with van der Waals surface area (Å²) >= 11 is 0. The van der Waals surface area contributed by atoms with E-state index in [0.29, 0.717) is 5.69 Å². The zero-order valence-corrected chi connectivity index (χ0v) is 7.95. The molecule has 1 aromatic heterocycles. The minimum absolute atomic E-state index is 0.170. The molecule has 0 spiro atoms. The van der Waals surface area contributed by atoms with Crippen LogP contribution in [0.5, 0.6) is 5.88 Å². The van der Waals surface area contributed by atoms with Gasteiger partial charge < -0.3 is 10.5 Å². The molecule has 1 heterocycles. The average molecular weight is 221 g/mol. The van der Waals surface area contributed by atoms with E-state index in [1.807, 2.05) is 0 Å². The van der Waals surface area contributed by atoms with E-state index < -0.39 is 12.8 Å². The fourth-order valence-electron chi connectivity index (χ4n) is 0.792. The van der Waals surface area contributed by atoms with Gasteiger partial charge in [-0.05, 0) is 6.92 Å². The number of halogens is 3. The van der Waals surface area contributed by atoms with E-state index in [0.717, 1.165) is 6.20 Å². The van der Waals surface area contributed by atoms with Crippen LogP contribution in [0.2, 0.25) is 0 Å². The van der Waals surface area contributed by atoms with Crippen LogP contribution in [0.4, 0.5) is 13.2 Å². The molecule has 1 rings (SSSR count). The number of alkyl halides is 3. The fraction of sp³-hybridized carbons (Fsp3) is 0.500. The first-order valence-electron chi connectivity index (χ1n) is 4.15. The Morgan fingerprint density at radius 3 is 2.47 bits per heavy atom. The molecule has 0 saturated carbocycles. The molecule has 0 aliphatic rings. The Hall–Kier alpha value is -1.37. The lowest BCUT2D eigenvalue weighted by Gasteiger charge is -2.08. The summed E-state index contributed by atoms with van der Waals surface area (Å²) in [5.41, 5.74) is 5.98. The fourth-order valence-corrected chi connectivity index (χ4v) is 0.792. The van der Waals surface area contributed by atoms with E-state index in [1.54, 1.807) is 6.92 Å². The van der Waals surface area contributed by atoms with E-state index >= 15 is 0 Å². The molecule has 15 heavy (non-hydrogen) atoms. The number of rotatable bonds is 3. The molecule has 0 bridgehead atoms. The second kappa shape index (κ2) is 4.43. The van der Waals surface area contributed by atoms with Crippen molar-refractivity contribution in [1.29, 1.82) is 0 Å². The van der Waals surface area contributed by atoms with Crippen LogP contribution in [0.25, 0.3) is 0 Å². The van der Waals surface area contributed by atoms with Crippen molar-refractivity contribution in [2.75, 3.05) is 6.61 Å². The zero-order chi connectivity index (χ0) is 11.5. The van der Waals surface area contributed by atoms with Crippen LogP contribution in [0.15, 0.2) is 12.4 Å². The lowest BCUT2D eigenvalue weighted by atomic mass is 10.3. The van der Waals surface area contributed by atoms with E-state index in [4.69, 9.17) is 5.73 Å². The molecule has 1 aromatic rings. The zero-order valence-electron chi connectivity index (χ0n) is 7.95. The highest BCUT2D eigenvalue weighted by molar-refractivity contribution is 5.09. The highest BCUT2D eigenvalue weighted by atomic mass is 19.4. The summed E-state index contributed by atoms with van der Waals surface area (Å²) in [4.78, 5) is 7.44. The van der Waals surface area contributed by atoms with Crippen LogP contribution in [-0.4, -0.2) is 22.8 Å². The summed E-state index contributed by atoms with van der Waals surface area (Å²) in [5.74, 6) is -0.170. The molecule has 7 heteroatoms. The third-order valence-corrected chi connectivity index (χ3v) is 1.50. The van der Waals surface area contributed by atoms with Crippen LogP contribution in [0.3, 0.4) is 0 Å². The van der Waals surface area contributed by atoms with Crippen LogP contribution >= 0.6 is 0 Å². The molecule has 84 valence electrons. The number of hydrogen-bond acceptors (Lipinski definition) is 4. The highest BCUT2D eigenvalue weighted by Crippen LogP contribution is 2.16. The van der Waals surface area contributed by atoms with Gasteiger partial charge >= 0.3 is 6.18 Å². The maximum absolute atomic E-state index is 11.8. The molecule has 0 radical (unpaired) electrons. The normalized spacial score (nSPS) is 13.7. The van der Waals surface area contributed by atoms with Crippen molar-refractivity contribution in [3.05, 3.63) is 18.1 Å². The van der Waals surface area contributed by atoms with Crippen LogP contribution in [0, 0.1) is 0 Å². The van der Waals surface area contributed by atoms with Gasteiger partial charge in [-0.2, -0.15) is 13.2 Å². The quantitative estimate of drug-likeness (QED) is 0.838. The molecule has 2 N–H and O–H groups in total. The number of ether oxygens (including phenoxy) is 1. The van der Waals surface area contributed by atoms with Crippen molar-refractivity contribution in [3.8, 4) is 5.88 Å². The molecular formula is C8H10F3N3O. The maximum Gasteiger partial charge on any atom is 0.422 e. The van der Waals surface area contributed by atoms with Crippen molar-refractivity contribution in [2.45, 2.75) is 19.1 Å². The minimum Gasteiger partial charge on any atom is -0.467 e. The maximum atomic E-state index is 11.8. The minimum atomic E-state index is -4.37. The van der Waals surface area contributed by atoms with Gasteiger partial charge in [0.1, 0.15) is 0 Å². The summed E-state index contributed by atoms with van der Waals surface area (Å²) in [5, 5.41) is 0. The average Bonchev–Trinajstić information content (AvgIpc) is 2.14. The van der Waals surface area contributed by atoms with Gasteiger partial charge in [-0.25, -0.2) is 4.98 Å². The van der Waals surface area contributed by atoms with Crippen LogP contribution < -0.4 is 10.5 Å². The van der Waals surface area contributed by atoms with E-state index in [1.165, 1.54) is 6.20 Å². The monoisotopic (exact) mass is 221 g/mol. The molecule has 0 amide bonds. The van der Waals surface area contributed by atoms with Crippen molar-refractivity contribution in [2.24, 2.45) is 5.73 Å². The molecule has 0 fully saturated rings. The Bertz CT molecular complexity index is 310. The van der Waals surface area contributed by atoms with Crippen molar-refractivity contribution in [3.63, 3.8) is 0 Å². The molecular weight excluding hydrogens is 211 g/mol. The summed E-state index contributed by atoms with van der Waals surface area (Å²) in [7, 11) is 0. The van der Waals surface area contributed by atoms with Gasteiger partial charge in [0.15, 0.2) is 6.61 Å². The molecule has 0 saturated heterocycles. The van der Waals surface area contributed by atoms with Gasteiger partial charge in [0.05, 0.1) is 18.1 Å². The standard InChI is InChI=1S/C8H10F3N3O/c1-5(12)6-2-14-7(3-13-6)15-4-8(9,10)11/h2-3,5H,4,12H2,1H3. The predicted octanol–water partition coefficient (Wildman–Crippen LogP) is 1.44. The summed E-state index contributed by atoms with van der Waals surface area (Å²) in [6.07, 6.45) is -1.97. The number of aromatic nitrogens is 2. The Balaban J connectivity index is 2.57. The summed E-state index contributed by atoms with van der Waals surface area (Å²) in [6.45, 7) is 0.319. The smallest absolute Gasteiger partial charge is 0.422 e. The molecule has 4 nitrogen and oxygen atoms in total. The SMILES string of the molecule is CC(N)c1cnc(OCC(F)(F)F)cn1. The van der Waals surface area contributed by atoms with Crippen molar-refractivity contribution >= 4 is 0 Å². The third-order valence-electron chi connectivity index (χ3n) is 1.50. The van der Waals surface area contributed by atoms with Crippen LogP contribution in [0.1, 0.15) is 18.7 Å². The Labute approximate surface area is 84.3 Å². The van der Waals surface area contributed by atoms with E-state index in [9.17, 15) is 13.2 Å². The first kappa shape index (κ1) is 11.7. The number of nitrogens with two attached hydrogens (primary N) is 1. The Morgan fingerprint density at radius 1 is 1.40 bits per heavy atom. The van der Waals surface area contributed by atoms with Crippen LogP contribution in [-0.2, 0) is 0 Å². The topological polar surface area (TPSA) is 61.0 Å². The lowest BCUT2D eigenvalue weighted by Crippen LogP contribution is -2.20. The summed E-state index contributed by atoms with van der Waals surface area (Å²) in [6, 6.07) is -0.311. The van der Waals surface area contributed by atoms with Gasteiger partial charge in [-0.3, -0.25) is 4.98 Å². The predicted molar refractivity (Wildman–Crippen MR) is 46.2 cm³/mol. The first-order chi connectivity index (χ1) is 6.88. The second-order valence-electron chi connectivity index (χ2n) is 2.97. The number of nitrogens with zero attached hydrogens (tertiary/aromatic N) is 2. The Kier molecular flexibility index (Phi) is 3.46. The van der Waals surface area contributed by atoms with Gasteiger partial charge in [-0.1, -0.05) is 0 Å². The van der Waals surface area contributed by atoms with Gasteiger partial charge in [0.2, 0.25) is 5.88 Å². The van der Waals surface area contributed by atoms with Crippen molar-refractivity contribution in [1.82, 2.24) is 9.97 Å². The highest BCUT2D eigenvalue weighted by Gasteiger charge is 2.28. The molecule has 0 aliphatic heterocycles. The first-order valence-corrected chi connectivity index (χ1v) is 4.15. The molecule has 0 aromatic carbocycles. The molecule has 0 aliphatic carbocycles. The molecule has 1 atom stereocenters. The van der Waals surface area contributed by atoms with E-state index in [2.05, 4.69) is 14.7 Å². The largest absolute Gasteiger partial charge is 0.467 e. The third kappa shape index (κ3) is 4.11. The number of hydrogen-bond donors (Lipinski definition) is 1. The lowest BCUT2D eigenvalue weighted by molar-refractivity contribution is -0.154. The molecule has 1 unspecified atom stereocenters. The Morgan fingerprint density at radius 2 is 2.07 bits per heavy atom. The van der Waals surface area contributed by atoms with Gasteiger partial charge in [0.25, 0.3) is 0 Å². The second-order valence-corrected chi connectivity index (χ2v) is 2.97. The van der Waals surface area contributed by atoms with Gasteiger partial charge in [-0.15, -0.1) is 0 Å².